The van der Waals surface area contributed by atoms with Crippen molar-refractivity contribution < 1.29 is 4.74 Å². The Kier molecular flexibility index (Phi) is 4.32. The monoisotopic (exact) mass is 183 g/mol. The van der Waals surface area contributed by atoms with Crippen molar-refractivity contribution in [2.45, 2.75) is 26.3 Å². The van der Waals surface area contributed by atoms with Crippen molar-refractivity contribution in [3.05, 3.63) is 12.4 Å². The van der Waals surface area contributed by atoms with E-state index < -0.39 is 0 Å². The molecule has 1 aromatic rings. The lowest BCUT2D eigenvalue weighted by Crippen LogP contribution is -2.06. The van der Waals surface area contributed by atoms with Gasteiger partial charge in [0, 0.05) is 12.8 Å². The van der Waals surface area contributed by atoms with Crippen LogP contribution in [0.1, 0.15) is 19.8 Å². The van der Waals surface area contributed by atoms with Crippen LogP contribution in [0, 0.1) is 0 Å². The van der Waals surface area contributed by atoms with E-state index in [1.807, 2.05) is 6.20 Å². The Morgan fingerprint density at radius 2 is 2.38 bits per heavy atom. The minimum Gasteiger partial charge on any atom is -0.396 e. The molecule has 0 bridgehead atoms. The van der Waals surface area contributed by atoms with Crippen LogP contribution < -0.4 is 5.73 Å². The number of hydrogen-bond donors (Lipinski definition) is 1. The zero-order valence-corrected chi connectivity index (χ0v) is 8.07. The van der Waals surface area contributed by atoms with Gasteiger partial charge in [-0.05, 0) is 6.42 Å². The van der Waals surface area contributed by atoms with Gasteiger partial charge in [0.1, 0.15) is 0 Å². The first-order chi connectivity index (χ1) is 6.33. The minimum atomic E-state index is 0.702. The largest absolute Gasteiger partial charge is 0.396 e. The van der Waals surface area contributed by atoms with Crippen molar-refractivity contribution in [3.8, 4) is 0 Å². The molecule has 13 heavy (non-hydrogen) atoms. The number of ether oxygens (including phenoxy) is 1. The van der Waals surface area contributed by atoms with Crippen LogP contribution in [0.2, 0.25) is 0 Å². The van der Waals surface area contributed by atoms with Crippen molar-refractivity contribution in [1.82, 2.24) is 9.78 Å². The second-order valence-electron chi connectivity index (χ2n) is 3.00. The number of aromatic nitrogens is 2. The van der Waals surface area contributed by atoms with Gasteiger partial charge >= 0.3 is 0 Å². The van der Waals surface area contributed by atoms with E-state index in [2.05, 4.69) is 12.0 Å². The Balaban J connectivity index is 2.06. The fourth-order valence-corrected chi connectivity index (χ4v) is 1.01. The van der Waals surface area contributed by atoms with Crippen LogP contribution in [0.3, 0.4) is 0 Å². The van der Waals surface area contributed by atoms with Gasteiger partial charge in [-0.25, -0.2) is 0 Å². The lowest BCUT2D eigenvalue weighted by molar-refractivity contribution is 0.121. The summed E-state index contributed by atoms with van der Waals surface area (Å²) in [5.41, 5.74) is 6.21. The summed E-state index contributed by atoms with van der Waals surface area (Å²) in [5.74, 6) is 0. The minimum absolute atomic E-state index is 0.702. The van der Waals surface area contributed by atoms with E-state index in [-0.39, 0.29) is 0 Å². The molecule has 2 N–H and O–H groups in total. The molecule has 0 aromatic carbocycles. The summed E-state index contributed by atoms with van der Waals surface area (Å²) in [6, 6.07) is 0. The molecule has 0 aliphatic heterocycles. The maximum Gasteiger partial charge on any atom is 0.0719 e. The number of nitrogens with two attached hydrogens (primary N) is 1. The van der Waals surface area contributed by atoms with Crippen molar-refractivity contribution in [2.24, 2.45) is 0 Å². The van der Waals surface area contributed by atoms with Crippen LogP contribution in [0.4, 0.5) is 5.69 Å². The van der Waals surface area contributed by atoms with E-state index in [0.29, 0.717) is 12.3 Å². The molecular weight excluding hydrogens is 166 g/mol. The highest BCUT2D eigenvalue weighted by Gasteiger charge is 1.93. The van der Waals surface area contributed by atoms with E-state index in [1.165, 1.54) is 6.42 Å². The smallest absolute Gasteiger partial charge is 0.0719 e. The summed E-state index contributed by atoms with van der Waals surface area (Å²) in [6.07, 6.45) is 5.76. The number of unbranched alkanes of at least 4 members (excludes halogenated alkanes) is 1. The molecule has 0 amide bonds. The first kappa shape index (κ1) is 10.1. The number of hydrogen-bond acceptors (Lipinski definition) is 3. The van der Waals surface area contributed by atoms with Crippen molar-refractivity contribution in [2.75, 3.05) is 18.9 Å². The highest BCUT2D eigenvalue weighted by atomic mass is 16.5. The zero-order chi connectivity index (χ0) is 9.52. The molecule has 1 aromatic heterocycles. The Labute approximate surface area is 78.7 Å². The fraction of sp³-hybridized carbons (Fsp3) is 0.667. The predicted molar refractivity (Wildman–Crippen MR) is 52.4 cm³/mol. The van der Waals surface area contributed by atoms with Gasteiger partial charge in [-0.15, -0.1) is 0 Å². The number of nitrogens with zero attached hydrogens (tertiary/aromatic N) is 2. The molecule has 1 heterocycles. The molecule has 0 fully saturated rings. The van der Waals surface area contributed by atoms with Gasteiger partial charge in [0.15, 0.2) is 0 Å². The van der Waals surface area contributed by atoms with Crippen molar-refractivity contribution in [1.29, 1.82) is 0 Å². The van der Waals surface area contributed by atoms with Gasteiger partial charge in [-0.2, -0.15) is 5.10 Å². The molecule has 74 valence electrons. The molecule has 0 saturated heterocycles. The van der Waals surface area contributed by atoms with E-state index in [9.17, 15) is 0 Å². The second-order valence-corrected chi connectivity index (χ2v) is 3.00. The van der Waals surface area contributed by atoms with Crippen LogP contribution in [0.15, 0.2) is 12.4 Å². The Hall–Kier alpha value is -1.03. The van der Waals surface area contributed by atoms with Gasteiger partial charge in [0.05, 0.1) is 25.0 Å². The maximum absolute atomic E-state index is 5.51. The molecule has 4 heteroatoms. The molecule has 0 atom stereocenters. The summed E-state index contributed by atoms with van der Waals surface area (Å²) < 4.78 is 7.18. The molecule has 0 spiro atoms. The van der Waals surface area contributed by atoms with Crippen molar-refractivity contribution >= 4 is 5.69 Å². The molecule has 0 radical (unpaired) electrons. The van der Waals surface area contributed by atoms with Crippen LogP contribution >= 0.6 is 0 Å². The van der Waals surface area contributed by atoms with Crippen molar-refractivity contribution in [3.63, 3.8) is 0 Å². The van der Waals surface area contributed by atoms with E-state index >= 15 is 0 Å². The molecule has 0 aliphatic rings. The number of anilines is 1. The number of rotatable bonds is 6. The zero-order valence-electron chi connectivity index (χ0n) is 8.07. The lowest BCUT2D eigenvalue weighted by atomic mass is 10.4. The van der Waals surface area contributed by atoms with Gasteiger partial charge in [-0.3, -0.25) is 4.68 Å². The SMILES string of the molecule is CCCCOCCn1cc(N)cn1. The van der Waals surface area contributed by atoms with Crippen LogP contribution in [0.5, 0.6) is 0 Å². The third-order valence-corrected chi connectivity index (χ3v) is 1.76. The standard InChI is InChI=1S/C9H17N3O/c1-2-3-5-13-6-4-12-8-9(10)7-11-12/h7-8H,2-6,10H2,1H3. The summed E-state index contributed by atoms with van der Waals surface area (Å²) in [6.45, 7) is 4.48. The molecule has 0 aliphatic carbocycles. The predicted octanol–water partition coefficient (Wildman–Crippen LogP) is 1.28. The van der Waals surface area contributed by atoms with Gasteiger partial charge in [-0.1, -0.05) is 13.3 Å². The quantitative estimate of drug-likeness (QED) is 0.676. The van der Waals surface area contributed by atoms with Gasteiger partial charge in [0.2, 0.25) is 0 Å². The highest BCUT2D eigenvalue weighted by molar-refractivity contribution is 5.30. The molecular formula is C9H17N3O. The molecule has 4 nitrogen and oxygen atoms in total. The fourth-order valence-electron chi connectivity index (χ4n) is 1.01. The van der Waals surface area contributed by atoms with Crippen LogP contribution in [-0.4, -0.2) is 23.0 Å². The Bertz CT molecular complexity index is 235. The average molecular weight is 183 g/mol. The number of nitrogen functional groups attached to an aromatic ring is 1. The van der Waals surface area contributed by atoms with Crippen LogP contribution in [-0.2, 0) is 11.3 Å². The first-order valence-electron chi connectivity index (χ1n) is 4.68. The van der Waals surface area contributed by atoms with Gasteiger partial charge < -0.3 is 10.5 Å². The summed E-state index contributed by atoms with van der Waals surface area (Å²) >= 11 is 0. The molecule has 0 saturated carbocycles. The van der Waals surface area contributed by atoms with Crippen LogP contribution in [0.25, 0.3) is 0 Å². The highest BCUT2D eigenvalue weighted by Crippen LogP contribution is 1.97. The summed E-state index contributed by atoms with van der Waals surface area (Å²) in [7, 11) is 0. The summed E-state index contributed by atoms with van der Waals surface area (Å²) in [4.78, 5) is 0. The van der Waals surface area contributed by atoms with E-state index in [1.54, 1.807) is 10.9 Å². The molecule has 0 unspecified atom stereocenters. The Morgan fingerprint density at radius 1 is 1.54 bits per heavy atom. The summed E-state index contributed by atoms with van der Waals surface area (Å²) in [5, 5.41) is 4.05. The second kappa shape index (κ2) is 5.59. The Morgan fingerprint density at radius 3 is 3.00 bits per heavy atom. The van der Waals surface area contributed by atoms with E-state index in [0.717, 1.165) is 19.6 Å². The third-order valence-electron chi connectivity index (χ3n) is 1.76. The maximum atomic E-state index is 5.51. The average Bonchev–Trinajstić information content (AvgIpc) is 2.51. The third kappa shape index (κ3) is 3.94. The topological polar surface area (TPSA) is 53.1 Å². The van der Waals surface area contributed by atoms with E-state index in [4.69, 9.17) is 10.5 Å². The first-order valence-corrected chi connectivity index (χ1v) is 4.68. The molecule has 1 rings (SSSR count). The normalized spacial score (nSPS) is 10.5. The lowest BCUT2D eigenvalue weighted by Gasteiger charge is -2.02. The van der Waals surface area contributed by atoms with Gasteiger partial charge in [0.25, 0.3) is 0 Å².